The number of alkyl halides is 3. The van der Waals surface area contributed by atoms with Gasteiger partial charge in [0.15, 0.2) is 0 Å². The van der Waals surface area contributed by atoms with Crippen molar-refractivity contribution in [3.8, 4) is 0 Å². The number of hydrogen-bond acceptors (Lipinski definition) is 2. The van der Waals surface area contributed by atoms with Gasteiger partial charge < -0.3 is 10.0 Å². The summed E-state index contributed by atoms with van der Waals surface area (Å²) in [6.07, 6.45) is -3.69. The Morgan fingerprint density at radius 1 is 1.12 bits per heavy atom. The highest BCUT2D eigenvalue weighted by molar-refractivity contribution is 5.82. The molecular weight excluding hydrogens is 239 g/mol. The number of carbonyl (C=O) groups excluding carboxylic acids is 1. The number of carbonyl (C=O) groups is 2. The zero-order valence-corrected chi connectivity index (χ0v) is 8.91. The van der Waals surface area contributed by atoms with Crippen LogP contribution in [0.5, 0.6) is 0 Å². The van der Waals surface area contributed by atoms with Crippen molar-refractivity contribution < 1.29 is 27.9 Å². The molecule has 2 fully saturated rings. The third-order valence-electron chi connectivity index (χ3n) is 3.65. The zero-order valence-electron chi connectivity index (χ0n) is 8.91. The second kappa shape index (κ2) is 3.89. The summed E-state index contributed by atoms with van der Waals surface area (Å²) in [6, 6.07) is 0. The molecule has 1 saturated heterocycles. The lowest BCUT2D eigenvalue weighted by Gasteiger charge is -2.36. The highest BCUT2D eigenvalue weighted by Gasteiger charge is 2.51. The lowest BCUT2D eigenvalue weighted by atomic mass is 9.85. The van der Waals surface area contributed by atoms with E-state index in [1.165, 1.54) is 0 Å². The van der Waals surface area contributed by atoms with Crippen LogP contribution in [-0.2, 0) is 9.59 Å². The molecular formula is C10H12F3NO3. The van der Waals surface area contributed by atoms with Gasteiger partial charge in [0.2, 0.25) is 0 Å². The van der Waals surface area contributed by atoms with Crippen molar-refractivity contribution in [2.24, 2.45) is 17.8 Å². The molecule has 1 amide bonds. The van der Waals surface area contributed by atoms with E-state index < -0.39 is 24.0 Å². The molecule has 2 aliphatic rings. The molecule has 2 unspecified atom stereocenters. The van der Waals surface area contributed by atoms with Crippen molar-refractivity contribution in [2.75, 3.05) is 13.1 Å². The van der Waals surface area contributed by atoms with Crippen molar-refractivity contribution in [1.82, 2.24) is 4.90 Å². The molecule has 0 spiro atoms. The van der Waals surface area contributed by atoms with Gasteiger partial charge in [0.1, 0.15) is 0 Å². The van der Waals surface area contributed by atoms with Gasteiger partial charge in [-0.3, -0.25) is 9.59 Å². The second-order valence-electron chi connectivity index (χ2n) is 4.67. The maximum atomic E-state index is 12.3. The van der Waals surface area contributed by atoms with Gasteiger partial charge >= 0.3 is 18.1 Å². The minimum atomic E-state index is -4.87. The number of nitrogens with zero attached hydrogens (tertiary/aromatic N) is 1. The summed E-state index contributed by atoms with van der Waals surface area (Å²) in [7, 11) is 0. The van der Waals surface area contributed by atoms with Gasteiger partial charge in [0.05, 0.1) is 5.92 Å². The molecule has 0 aromatic carbocycles. The maximum absolute atomic E-state index is 12.3. The summed E-state index contributed by atoms with van der Waals surface area (Å²) < 4.78 is 36.8. The van der Waals surface area contributed by atoms with E-state index in [1.807, 2.05) is 0 Å². The number of carboxylic acid groups (broad SMARTS) is 1. The number of rotatable bonds is 1. The first-order chi connectivity index (χ1) is 7.80. The van der Waals surface area contributed by atoms with E-state index in [2.05, 4.69) is 0 Å². The van der Waals surface area contributed by atoms with Crippen molar-refractivity contribution in [2.45, 2.75) is 19.0 Å². The van der Waals surface area contributed by atoms with E-state index in [-0.39, 0.29) is 24.9 Å². The Morgan fingerprint density at radius 2 is 1.59 bits per heavy atom. The molecule has 1 heterocycles. The number of hydrogen-bond donors (Lipinski definition) is 1. The first-order valence-electron chi connectivity index (χ1n) is 5.39. The molecule has 4 nitrogen and oxygen atoms in total. The van der Waals surface area contributed by atoms with Crippen LogP contribution in [0.2, 0.25) is 0 Å². The minimum absolute atomic E-state index is 0.0915. The largest absolute Gasteiger partial charge is 0.481 e. The molecule has 17 heavy (non-hydrogen) atoms. The van der Waals surface area contributed by atoms with Crippen LogP contribution < -0.4 is 0 Å². The third kappa shape index (κ3) is 2.10. The summed E-state index contributed by atoms with van der Waals surface area (Å²) in [5.41, 5.74) is 0. The maximum Gasteiger partial charge on any atom is 0.471 e. The molecule has 1 aliphatic carbocycles. The molecule has 1 saturated carbocycles. The predicted molar refractivity (Wildman–Crippen MR) is 50.0 cm³/mol. The van der Waals surface area contributed by atoms with Gasteiger partial charge in [-0.05, 0) is 24.7 Å². The normalized spacial score (nSPS) is 32.6. The molecule has 0 aromatic rings. The van der Waals surface area contributed by atoms with E-state index in [0.29, 0.717) is 12.8 Å². The Morgan fingerprint density at radius 3 is 1.94 bits per heavy atom. The van der Waals surface area contributed by atoms with Crippen LogP contribution in [-0.4, -0.2) is 41.1 Å². The predicted octanol–water partition coefficient (Wildman–Crippen LogP) is 1.12. The van der Waals surface area contributed by atoms with E-state index in [4.69, 9.17) is 5.11 Å². The first-order valence-corrected chi connectivity index (χ1v) is 5.39. The average Bonchev–Trinajstić information content (AvgIpc) is 2.47. The molecule has 2 bridgehead atoms. The summed E-state index contributed by atoms with van der Waals surface area (Å²) >= 11 is 0. The fourth-order valence-electron chi connectivity index (χ4n) is 2.97. The molecule has 1 aliphatic heterocycles. The van der Waals surface area contributed by atoms with Crippen molar-refractivity contribution in [3.05, 3.63) is 0 Å². The Kier molecular flexibility index (Phi) is 2.79. The van der Waals surface area contributed by atoms with E-state index >= 15 is 0 Å². The monoisotopic (exact) mass is 251 g/mol. The number of carboxylic acids is 1. The first kappa shape index (κ1) is 12.2. The van der Waals surface area contributed by atoms with Gasteiger partial charge in [0.25, 0.3) is 0 Å². The summed E-state index contributed by atoms with van der Waals surface area (Å²) in [5.74, 6) is -4.07. The Hall–Kier alpha value is -1.27. The highest BCUT2D eigenvalue weighted by atomic mass is 19.4. The molecule has 2 rings (SSSR count). The second-order valence-corrected chi connectivity index (χ2v) is 4.67. The van der Waals surface area contributed by atoms with Crippen LogP contribution in [0, 0.1) is 17.8 Å². The fraction of sp³-hybridized carbons (Fsp3) is 0.800. The lowest BCUT2D eigenvalue weighted by molar-refractivity contribution is -0.189. The topological polar surface area (TPSA) is 57.6 Å². The van der Waals surface area contributed by atoms with Crippen LogP contribution in [0.3, 0.4) is 0 Å². The number of amides is 1. The van der Waals surface area contributed by atoms with Crippen molar-refractivity contribution in [1.29, 1.82) is 0 Å². The fourth-order valence-corrected chi connectivity index (χ4v) is 2.97. The molecule has 0 aromatic heterocycles. The van der Waals surface area contributed by atoms with Crippen LogP contribution >= 0.6 is 0 Å². The molecule has 0 radical (unpaired) electrons. The zero-order chi connectivity index (χ0) is 12.8. The van der Waals surface area contributed by atoms with Crippen LogP contribution in [0.4, 0.5) is 13.2 Å². The van der Waals surface area contributed by atoms with Crippen LogP contribution in [0.15, 0.2) is 0 Å². The van der Waals surface area contributed by atoms with Crippen LogP contribution in [0.1, 0.15) is 12.8 Å². The number of piperidine rings is 1. The van der Waals surface area contributed by atoms with Crippen LogP contribution in [0.25, 0.3) is 0 Å². The Balaban J connectivity index is 2.10. The number of fused-ring (bicyclic) bond motifs is 2. The molecule has 2 atom stereocenters. The van der Waals surface area contributed by atoms with Crippen molar-refractivity contribution >= 4 is 11.9 Å². The summed E-state index contributed by atoms with van der Waals surface area (Å²) in [6.45, 7) is -0.183. The average molecular weight is 251 g/mol. The highest BCUT2D eigenvalue weighted by Crippen LogP contribution is 2.42. The molecule has 1 N–H and O–H groups in total. The smallest absolute Gasteiger partial charge is 0.471 e. The number of aliphatic carboxylic acids is 1. The van der Waals surface area contributed by atoms with Gasteiger partial charge in [-0.1, -0.05) is 0 Å². The van der Waals surface area contributed by atoms with Crippen molar-refractivity contribution in [3.63, 3.8) is 0 Å². The van der Waals surface area contributed by atoms with Gasteiger partial charge in [-0.15, -0.1) is 0 Å². The lowest BCUT2D eigenvalue weighted by Crippen LogP contribution is -2.51. The summed E-state index contributed by atoms with van der Waals surface area (Å²) in [5, 5.41) is 8.98. The van der Waals surface area contributed by atoms with Gasteiger partial charge in [-0.2, -0.15) is 13.2 Å². The SMILES string of the molecule is O=C(O)C1C2CCC1CN(C(=O)C(F)(F)F)C2. The quantitative estimate of drug-likeness (QED) is 0.759. The Bertz CT molecular complexity index is 341. The standard InChI is InChI=1S/C10H12F3NO3/c11-10(12,13)9(17)14-3-5-1-2-6(4-14)7(5)8(15)16/h5-7H,1-4H2,(H,15,16). The third-order valence-corrected chi connectivity index (χ3v) is 3.65. The van der Waals surface area contributed by atoms with E-state index in [1.54, 1.807) is 0 Å². The number of likely N-dealkylation sites (tertiary alicyclic amines) is 1. The minimum Gasteiger partial charge on any atom is -0.481 e. The summed E-state index contributed by atoms with van der Waals surface area (Å²) in [4.78, 5) is 22.8. The number of halogens is 3. The molecule has 96 valence electrons. The van der Waals surface area contributed by atoms with Gasteiger partial charge in [0, 0.05) is 13.1 Å². The van der Waals surface area contributed by atoms with Gasteiger partial charge in [-0.25, -0.2) is 0 Å². The Labute approximate surface area is 95.4 Å². The molecule has 7 heteroatoms. The van der Waals surface area contributed by atoms with E-state index in [9.17, 15) is 22.8 Å². The van der Waals surface area contributed by atoms with E-state index in [0.717, 1.165) is 4.90 Å².